The van der Waals surface area contributed by atoms with E-state index in [2.05, 4.69) is 5.32 Å². The molecule has 6 heteroatoms. The van der Waals surface area contributed by atoms with Gasteiger partial charge in [0.05, 0.1) is 5.56 Å². The summed E-state index contributed by atoms with van der Waals surface area (Å²) >= 11 is 0. The molecular weight excluding hydrogens is 380 g/mol. The first-order valence-electron chi connectivity index (χ1n) is 10.6. The molecule has 1 saturated heterocycles. The second-order valence-corrected chi connectivity index (χ2v) is 8.32. The molecule has 2 amide bonds. The fraction of sp³-hybridized carbons (Fsp3) is 0.375. The normalized spacial score (nSPS) is 22.9. The third kappa shape index (κ3) is 3.58. The molecule has 2 aromatic carbocycles. The van der Waals surface area contributed by atoms with Crippen molar-refractivity contribution in [2.75, 3.05) is 6.54 Å². The lowest BCUT2D eigenvalue weighted by Gasteiger charge is -2.27. The average molecular weight is 404 g/mol. The highest BCUT2D eigenvalue weighted by Gasteiger charge is 2.37. The first-order valence-corrected chi connectivity index (χ1v) is 10.6. The molecule has 2 aliphatic heterocycles. The van der Waals surface area contributed by atoms with Crippen LogP contribution in [0.1, 0.15) is 63.6 Å². The number of nitrogens with one attached hydrogen (secondary N) is 1. The van der Waals surface area contributed by atoms with Crippen molar-refractivity contribution in [1.29, 1.82) is 0 Å². The Bertz CT molecular complexity index is 1000. The number of amides is 2. The van der Waals surface area contributed by atoms with Crippen molar-refractivity contribution in [2.24, 2.45) is 0 Å². The fourth-order valence-corrected chi connectivity index (χ4v) is 4.36. The number of hydrogen-bond donors (Lipinski definition) is 1. The molecule has 0 spiro atoms. The summed E-state index contributed by atoms with van der Waals surface area (Å²) in [5.74, 6) is -0.567. The molecule has 6 nitrogen and oxygen atoms in total. The molecule has 1 aliphatic carbocycles. The number of cyclic esters (lactones) is 1. The molecule has 2 heterocycles. The van der Waals surface area contributed by atoms with Crippen molar-refractivity contribution >= 4 is 17.8 Å². The zero-order valence-electron chi connectivity index (χ0n) is 16.7. The van der Waals surface area contributed by atoms with E-state index in [1.807, 2.05) is 30.3 Å². The van der Waals surface area contributed by atoms with Gasteiger partial charge >= 0.3 is 5.97 Å². The molecule has 0 bridgehead atoms. The number of likely N-dealkylation sites (tertiary alicyclic amines) is 1. The topological polar surface area (TPSA) is 75.7 Å². The van der Waals surface area contributed by atoms with Gasteiger partial charge in [-0.15, -0.1) is 0 Å². The van der Waals surface area contributed by atoms with Gasteiger partial charge in [0.2, 0.25) is 5.91 Å². The highest BCUT2D eigenvalue weighted by molar-refractivity contribution is 6.00. The predicted molar refractivity (Wildman–Crippen MR) is 110 cm³/mol. The molecule has 2 fully saturated rings. The van der Waals surface area contributed by atoms with Crippen molar-refractivity contribution in [2.45, 2.75) is 50.3 Å². The van der Waals surface area contributed by atoms with E-state index in [9.17, 15) is 14.4 Å². The van der Waals surface area contributed by atoms with Crippen LogP contribution in [0, 0.1) is 0 Å². The first kappa shape index (κ1) is 18.9. The Kier molecular flexibility index (Phi) is 4.77. The van der Waals surface area contributed by atoms with Crippen LogP contribution in [0.3, 0.4) is 0 Å². The van der Waals surface area contributed by atoms with Gasteiger partial charge in [0.15, 0.2) is 0 Å². The van der Waals surface area contributed by atoms with Crippen molar-refractivity contribution in [3.63, 3.8) is 0 Å². The molecule has 0 radical (unpaired) electrons. The van der Waals surface area contributed by atoms with Crippen LogP contribution in [-0.2, 0) is 16.0 Å². The summed E-state index contributed by atoms with van der Waals surface area (Å²) < 4.78 is 5.60. The van der Waals surface area contributed by atoms with Gasteiger partial charge in [-0.3, -0.25) is 9.59 Å². The number of carbonyl (C=O) groups excluding carboxylic acids is 3. The summed E-state index contributed by atoms with van der Waals surface area (Å²) in [7, 11) is 0. The maximum absolute atomic E-state index is 13.2. The standard InChI is InChI=1S/C24H24N2O4/c27-22(25-18-9-10-18)20-7-4-12-26(20)23(28)16-8-11-19-17(13-16)14-21(30-24(19)29)15-5-2-1-3-6-15/h1-3,5-6,8,11,13,18,20-21H,4,7,9-10,12,14H2,(H,25,27). The second-order valence-electron chi connectivity index (χ2n) is 8.32. The highest BCUT2D eigenvalue weighted by Crippen LogP contribution is 2.32. The molecule has 2 aromatic rings. The first-order chi connectivity index (χ1) is 14.6. The molecule has 0 aromatic heterocycles. The van der Waals surface area contributed by atoms with E-state index in [-0.39, 0.29) is 29.9 Å². The summed E-state index contributed by atoms with van der Waals surface area (Å²) in [5, 5.41) is 3.02. The summed E-state index contributed by atoms with van der Waals surface area (Å²) in [4.78, 5) is 39.9. The number of nitrogens with zero attached hydrogens (tertiary/aromatic N) is 1. The van der Waals surface area contributed by atoms with Crippen molar-refractivity contribution in [3.05, 3.63) is 70.8 Å². The van der Waals surface area contributed by atoms with Gasteiger partial charge in [-0.2, -0.15) is 0 Å². The van der Waals surface area contributed by atoms with Crippen LogP contribution in [0.2, 0.25) is 0 Å². The SMILES string of the molecule is O=C1OC(c2ccccc2)Cc2cc(C(=O)N3CCCC3C(=O)NC3CC3)ccc21. The Morgan fingerprint density at radius 3 is 2.60 bits per heavy atom. The Morgan fingerprint density at radius 1 is 1.03 bits per heavy atom. The zero-order valence-corrected chi connectivity index (χ0v) is 16.7. The van der Waals surface area contributed by atoms with Crippen LogP contribution >= 0.6 is 0 Å². The zero-order chi connectivity index (χ0) is 20.7. The molecule has 154 valence electrons. The molecule has 1 saturated carbocycles. The van der Waals surface area contributed by atoms with Crippen LogP contribution in [0.25, 0.3) is 0 Å². The van der Waals surface area contributed by atoms with Gasteiger partial charge in [-0.1, -0.05) is 30.3 Å². The monoisotopic (exact) mass is 404 g/mol. The summed E-state index contributed by atoms with van der Waals surface area (Å²) in [5.41, 5.74) is 2.76. The lowest BCUT2D eigenvalue weighted by atomic mass is 9.93. The molecule has 30 heavy (non-hydrogen) atoms. The van der Waals surface area contributed by atoms with E-state index < -0.39 is 6.04 Å². The number of benzene rings is 2. The average Bonchev–Trinajstić information content (AvgIpc) is 3.44. The minimum absolute atomic E-state index is 0.0472. The molecule has 2 unspecified atom stereocenters. The van der Waals surface area contributed by atoms with Crippen molar-refractivity contribution < 1.29 is 19.1 Å². The fourth-order valence-electron chi connectivity index (χ4n) is 4.36. The van der Waals surface area contributed by atoms with Crippen LogP contribution in [0.5, 0.6) is 0 Å². The van der Waals surface area contributed by atoms with Gasteiger partial charge in [-0.25, -0.2) is 4.79 Å². The highest BCUT2D eigenvalue weighted by atomic mass is 16.5. The van der Waals surface area contributed by atoms with Gasteiger partial charge in [0, 0.05) is 24.6 Å². The van der Waals surface area contributed by atoms with Crippen LogP contribution in [0.4, 0.5) is 0 Å². The molecule has 3 aliphatic rings. The van der Waals surface area contributed by atoms with Gasteiger partial charge in [-0.05, 0) is 55.0 Å². The quantitative estimate of drug-likeness (QED) is 0.795. The molecular formula is C24H24N2O4. The lowest BCUT2D eigenvalue weighted by Crippen LogP contribution is -2.46. The Hall–Kier alpha value is -3.15. The Labute approximate surface area is 175 Å². The summed E-state index contributed by atoms with van der Waals surface area (Å²) in [6.45, 7) is 0.577. The van der Waals surface area contributed by atoms with E-state index >= 15 is 0 Å². The van der Waals surface area contributed by atoms with Crippen LogP contribution in [0.15, 0.2) is 48.5 Å². The summed E-state index contributed by atoms with van der Waals surface area (Å²) in [6.07, 6.45) is 3.73. The van der Waals surface area contributed by atoms with E-state index in [1.54, 1.807) is 23.1 Å². The molecule has 5 rings (SSSR count). The van der Waals surface area contributed by atoms with Crippen LogP contribution in [-0.4, -0.2) is 41.3 Å². The molecule has 1 N–H and O–H groups in total. The van der Waals surface area contributed by atoms with Gasteiger partial charge in [0.1, 0.15) is 12.1 Å². The Balaban J connectivity index is 1.37. The van der Waals surface area contributed by atoms with Gasteiger partial charge < -0.3 is 15.0 Å². The lowest BCUT2D eigenvalue weighted by molar-refractivity contribution is -0.125. The predicted octanol–water partition coefficient (Wildman–Crippen LogP) is 3.02. The molecule has 2 atom stereocenters. The minimum atomic E-state index is -0.406. The number of hydrogen-bond acceptors (Lipinski definition) is 4. The smallest absolute Gasteiger partial charge is 0.339 e. The van der Waals surface area contributed by atoms with Crippen molar-refractivity contribution in [3.8, 4) is 0 Å². The van der Waals surface area contributed by atoms with Crippen LogP contribution < -0.4 is 5.32 Å². The second kappa shape index (κ2) is 7.59. The number of esters is 1. The number of fused-ring (bicyclic) bond motifs is 1. The third-order valence-electron chi connectivity index (χ3n) is 6.14. The number of rotatable bonds is 4. The number of ether oxygens (including phenoxy) is 1. The largest absolute Gasteiger partial charge is 0.454 e. The van der Waals surface area contributed by atoms with E-state index in [4.69, 9.17) is 4.74 Å². The van der Waals surface area contributed by atoms with E-state index in [0.29, 0.717) is 30.5 Å². The minimum Gasteiger partial charge on any atom is -0.454 e. The van der Waals surface area contributed by atoms with Crippen molar-refractivity contribution in [1.82, 2.24) is 10.2 Å². The third-order valence-corrected chi connectivity index (χ3v) is 6.14. The summed E-state index contributed by atoms with van der Waals surface area (Å²) in [6, 6.07) is 14.6. The van der Waals surface area contributed by atoms with Gasteiger partial charge in [0.25, 0.3) is 5.91 Å². The Morgan fingerprint density at radius 2 is 1.83 bits per heavy atom. The maximum Gasteiger partial charge on any atom is 0.339 e. The van der Waals surface area contributed by atoms with E-state index in [1.165, 1.54) is 0 Å². The van der Waals surface area contributed by atoms with E-state index in [0.717, 1.165) is 30.4 Å². The maximum atomic E-state index is 13.2. The number of carbonyl (C=O) groups is 3.